The standard InChI is InChI=1S/C27H24F4N6O3/c28-18-6-5-15(10-17(18)27(29,30)31)24-34-19-11-21(38)22(39)12-20(19)37(24)23-7-8-32-26(35-23)33-16-2-1-9-36(13-16)25(40)14-3-4-14/h5-8,10-12,14,16,38-39H,1-4,9,13H2,(H,32,33,35)/t16-/m1/s1. The fourth-order valence-electron chi connectivity index (χ4n) is 5.02. The molecule has 0 unspecified atom stereocenters. The molecule has 0 spiro atoms. The predicted octanol–water partition coefficient (Wildman–Crippen LogP) is 4.86. The van der Waals surface area contributed by atoms with Crippen LogP contribution in [-0.4, -0.2) is 59.7 Å². The quantitative estimate of drug-likeness (QED) is 0.237. The third kappa shape index (κ3) is 4.87. The van der Waals surface area contributed by atoms with Crippen LogP contribution in [0.2, 0.25) is 0 Å². The van der Waals surface area contributed by atoms with Gasteiger partial charge < -0.3 is 20.4 Å². The van der Waals surface area contributed by atoms with E-state index < -0.39 is 29.1 Å². The fraction of sp³-hybridized carbons (Fsp3) is 0.333. The van der Waals surface area contributed by atoms with Crippen LogP contribution in [0.4, 0.5) is 23.5 Å². The molecule has 208 valence electrons. The number of likely N-dealkylation sites (tertiary alicyclic amines) is 1. The third-order valence-corrected chi connectivity index (χ3v) is 7.14. The van der Waals surface area contributed by atoms with E-state index in [4.69, 9.17) is 0 Å². The average molecular weight is 557 g/mol. The molecule has 0 bridgehead atoms. The number of phenolic OH excluding ortho intramolecular Hbond substituents is 2. The molecule has 9 nitrogen and oxygen atoms in total. The average Bonchev–Trinajstić information content (AvgIpc) is 3.70. The van der Waals surface area contributed by atoms with Crippen molar-refractivity contribution < 1.29 is 32.6 Å². The van der Waals surface area contributed by atoms with E-state index >= 15 is 0 Å². The number of benzene rings is 2. The van der Waals surface area contributed by atoms with Crippen LogP contribution >= 0.6 is 0 Å². The van der Waals surface area contributed by atoms with Gasteiger partial charge in [0.05, 0.1) is 16.6 Å². The first kappa shape index (κ1) is 25.8. The van der Waals surface area contributed by atoms with E-state index in [0.29, 0.717) is 25.2 Å². The number of hydrogen-bond acceptors (Lipinski definition) is 7. The number of nitrogens with zero attached hydrogens (tertiary/aromatic N) is 5. The number of alkyl halides is 3. The molecule has 1 saturated heterocycles. The molecule has 2 fully saturated rings. The largest absolute Gasteiger partial charge is 0.504 e. The van der Waals surface area contributed by atoms with Crippen LogP contribution in [0, 0.1) is 11.7 Å². The molecule has 0 radical (unpaired) electrons. The van der Waals surface area contributed by atoms with Crippen molar-refractivity contribution in [3.8, 4) is 28.7 Å². The molecule has 2 aromatic carbocycles. The van der Waals surface area contributed by atoms with Gasteiger partial charge in [-0.1, -0.05) is 0 Å². The minimum absolute atomic E-state index is 0.0194. The molecule has 1 atom stereocenters. The number of hydrogen-bond donors (Lipinski definition) is 3. The van der Waals surface area contributed by atoms with E-state index in [9.17, 15) is 32.6 Å². The Morgan fingerprint density at radius 3 is 2.55 bits per heavy atom. The molecule has 1 amide bonds. The fourth-order valence-corrected chi connectivity index (χ4v) is 5.02. The molecule has 13 heteroatoms. The summed E-state index contributed by atoms with van der Waals surface area (Å²) in [4.78, 5) is 27.6. The highest BCUT2D eigenvalue weighted by Gasteiger charge is 2.36. The summed E-state index contributed by atoms with van der Waals surface area (Å²) in [6.45, 7) is 1.21. The van der Waals surface area contributed by atoms with Crippen molar-refractivity contribution in [3.63, 3.8) is 0 Å². The lowest BCUT2D eigenvalue weighted by Crippen LogP contribution is -2.45. The van der Waals surface area contributed by atoms with Crippen molar-refractivity contribution in [2.45, 2.75) is 37.9 Å². The summed E-state index contributed by atoms with van der Waals surface area (Å²) in [5, 5.41) is 23.4. The summed E-state index contributed by atoms with van der Waals surface area (Å²) >= 11 is 0. The van der Waals surface area contributed by atoms with Crippen molar-refractivity contribution in [1.29, 1.82) is 0 Å². The Labute approximate surface area is 225 Å². The molecule has 1 saturated carbocycles. The third-order valence-electron chi connectivity index (χ3n) is 7.14. The highest BCUT2D eigenvalue weighted by Crippen LogP contribution is 2.38. The number of imidazole rings is 1. The molecule has 6 rings (SSSR count). The van der Waals surface area contributed by atoms with Crippen LogP contribution in [-0.2, 0) is 11.0 Å². The number of aromatic hydroxyl groups is 2. The van der Waals surface area contributed by atoms with Gasteiger partial charge in [-0.25, -0.2) is 14.4 Å². The zero-order chi connectivity index (χ0) is 28.2. The van der Waals surface area contributed by atoms with Crippen molar-refractivity contribution in [2.24, 2.45) is 5.92 Å². The van der Waals surface area contributed by atoms with Gasteiger partial charge in [-0.15, -0.1) is 0 Å². The highest BCUT2D eigenvalue weighted by molar-refractivity contribution is 5.86. The van der Waals surface area contributed by atoms with Crippen LogP contribution in [0.15, 0.2) is 42.6 Å². The lowest BCUT2D eigenvalue weighted by molar-refractivity contribution is -0.140. The van der Waals surface area contributed by atoms with E-state index in [-0.39, 0.29) is 52.1 Å². The number of anilines is 1. The molecule has 3 N–H and O–H groups in total. The number of carbonyl (C=O) groups excluding carboxylic acids is 1. The summed E-state index contributed by atoms with van der Waals surface area (Å²) in [5.74, 6) is -1.66. The molecule has 40 heavy (non-hydrogen) atoms. The van der Waals surface area contributed by atoms with Gasteiger partial charge in [-0.2, -0.15) is 18.2 Å². The Morgan fingerprint density at radius 2 is 1.80 bits per heavy atom. The second-order valence-corrected chi connectivity index (χ2v) is 10.1. The zero-order valence-corrected chi connectivity index (χ0v) is 21.0. The number of nitrogens with one attached hydrogen (secondary N) is 1. The van der Waals surface area contributed by atoms with Gasteiger partial charge in [-0.05, 0) is 49.9 Å². The molecular weight excluding hydrogens is 532 g/mol. The van der Waals surface area contributed by atoms with E-state index in [1.165, 1.54) is 29.0 Å². The van der Waals surface area contributed by atoms with E-state index in [2.05, 4.69) is 20.3 Å². The minimum atomic E-state index is -4.94. The summed E-state index contributed by atoms with van der Waals surface area (Å²) in [5.41, 5.74) is -1.11. The van der Waals surface area contributed by atoms with Crippen molar-refractivity contribution in [1.82, 2.24) is 24.4 Å². The molecule has 1 aliphatic heterocycles. The Bertz CT molecular complexity index is 1620. The van der Waals surface area contributed by atoms with E-state index in [0.717, 1.165) is 31.7 Å². The first-order valence-electron chi connectivity index (χ1n) is 12.8. The summed E-state index contributed by atoms with van der Waals surface area (Å²) in [7, 11) is 0. The van der Waals surface area contributed by atoms with Gasteiger partial charge in [0.25, 0.3) is 0 Å². The second kappa shape index (κ2) is 9.65. The highest BCUT2D eigenvalue weighted by atomic mass is 19.4. The maximum atomic E-state index is 14.0. The SMILES string of the molecule is O=C(C1CC1)N1CCC[C@@H](Nc2nccc(-n3c(-c4ccc(F)c(C(F)(F)F)c4)nc4cc(O)c(O)cc43)n2)C1. The molecule has 3 heterocycles. The molecule has 2 aliphatic rings. The molecule has 4 aromatic rings. The molecule has 1 aliphatic carbocycles. The van der Waals surface area contributed by atoms with Crippen LogP contribution < -0.4 is 5.32 Å². The smallest absolute Gasteiger partial charge is 0.419 e. The topological polar surface area (TPSA) is 116 Å². The number of piperidine rings is 1. The Morgan fingerprint density at radius 1 is 1.02 bits per heavy atom. The van der Waals surface area contributed by atoms with Gasteiger partial charge >= 0.3 is 6.18 Å². The second-order valence-electron chi connectivity index (χ2n) is 10.1. The molecular formula is C27H24F4N6O3. The van der Waals surface area contributed by atoms with Crippen molar-refractivity contribution >= 4 is 22.9 Å². The Hall–Kier alpha value is -4.42. The maximum Gasteiger partial charge on any atom is 0.419 e. The summed E-state index contributed by atoms with van der Waals surface area (Å²) < 4.78 is 55.9. The normalized spacial score (nSPS) is 17.8. The number of rotatable bonds is 5. The van der Waals surface area contributed by atoms with Gasteiger partial charge in [0.2, 0.25) is 11.9 Å². The summed E-state index contributed by atoms with van der Waals surface area (Å²) in [6.07, 6.45) is -0.0148. The first-order valence-corrected chi connectivity index (χ1v) is 12.8. The van der Waals surface area contributed by atoms with Gasteiger partial charge in [0, 0.05) is 48.9 Å². The lowest BCUT2D eigenvalue weighted by Gasteiger charge is -2.33. The van der Waals surface area contributed by atoms with Crippen LogP contribution in [0.5, 0.6) is 11.5 Å². The van der Waals surface area contributed by atoms with Crippen LogP contribution in [0.25, 0.3) is 28.2 Å². The first-order chi connectivity index (χ1) is 19.1. The van der Waals surface area contributed by atoms with Gasteiger partial charge in [0.15, 0.2) is 11.5 Å². The number of fused-ring (bicyclic) bond motifs is 1. The number of halogens is 4. The number of aromatic nitrogens is 4. The number of carbonyl (C=O) groups is 1. The summed E-state index contributed by atoms with van der Waals surface area (Å²) in [6, 6.07) is 6.33. The van der Waals surface area contributed by atoms with Gasteiger partial charge in [0.1, 0.15) is 17.5 Å². The van der Waals surface area contributed by atoms with Crippen molar-refractivity contribution in [3.05, 3.63) is 54.0 Å². The minimum Gasteiger partial charge on any atom is -0.504 e. The van der Waals surface area contributed by atoms with Crippen LogP contribution in [0.3, 0.4) is 0 Å². The van der Waals surface area contributed by atoms with E-state index in [1.54, 1.807) is 0 Å². The van der Waals surface area contributed by atoms with Crippen LogP contribution in [0.1, 0.15) is 31.2 Å². The van der Waals surface area contributed by atoms with Crippen molar-refractivity contribution in [2.75, 3.05) is 18.4 Å². The number of amides is 1. The lowest BCUT2D eigenvalue weighted by atomic mass is 10.1. The Balaban J connectivity index is 1.40. The molecule has 2 aromatic heterocycles. The van der Waals surface area contributed by atoms with Gasteiger partial charge in [-0.3, -0.25) is 9.36 Å². The van der Waals surface area contributed by atoms with E-state index in [1.807, 2.05) is 4.90 Å². The number of phenols is 2. The maximum absolute atomic E-state index is 14.0. The predicted molar refractivity (Wildman–Crippen MR) is 136 cm³/mol. The monoisotopic (exact) mass is 556 g/mol. The zero-order valence-electron chi connectivity index (χ0n) is 21.0. The Kier molecular flexibility index (Phi) is 6.23.